The Morgan fingerprint density at radius 1 is 1.40 bits per heavy atom. The van der Waals surface area contributed by atoms with E-state index in [4.69, 9.17) is 4.55 Å². The maximum absolute atomic E-state index is 12.3. The number of halogens is 3. The third-order valence-electron chi connectivity index (χ3n) is 1.68. The largest absolute Gasteiger partial charge is 0.496 e. The zero-order chi connectivity index (χ0) is 11.6. The first-order valence-electron chi connectivity index (χ1n) is 3.72. The van der Waals surface area contributed by atoms with Crippen molar-refractivity contribution in [1.29, 1.82) is 0 Å². The van der Waals surface area contributed by atoms with E-state index in [1.54, 1.807) is 0 Å². The highest BCUT2D eigenvalue weighted by Gasteiger charge is 2.34. The summed E-state index contributed by atoms with van der Waals surface area (Å²) < 4.78 is 60.8. The molecule has 1 aromatic carbocycles. The molecule has 0 aliphatic carbocycles. The molecule has 15 heavy (non-hydrogen) atoms. The highest BCUT2D eigenvalue weighted by Crippen LogP contribution is 2.36. The second-order valence-corrected chi connectivity index (χ2v) is 3.58. The Kier molecular flexibility index (Phi) is 3.35. The SMILES string of the molecule is COc1cc(S(=O)O)ccc1C(F)(F)F. The molecule has 0 saturated heterocycles. The molecule has 0 spiro atoms. The molecule has 1 rings (SSSR count). The van der Waals surface area contributed by atoms with E-state index >= 15 is 0 Å². The molecule has 0 radical (unpaired) electrons. The van der Waals surface area contributed by atoms with Gasteiger partial charge in [0.15, 0.2) is 11.1 Å². The summed E-state index contributed by atoms with van der Waals surface area (Å²) in [5, 5.41) is 0. The van der Waals surface area contributed by atoms with E-state index in [0.29, 0.717) is 6.07 Å². The van der Waals surface area contributed by atoms with E-state index < -0.39 is 28.6 Å². The number of alkyl halides is 3. The number of benzene rings is 1. The van der Waals surface area contributed by atoms with Gasteiger partial charge in [-0.2, -0.15) is 13.2 Å². The van der Waals surface area contributed by atoms with Crippen LogP contribution in [0.3, 0.4) is 0 Å². The van der Waals surface area contributed by atoms with Gasteiger partial charge < -0.3 is 9.29 Å². The van der Waals surface area contributed by atoms with Crippen molar-refractivity contribution >= 4 is 11.1 Å². The first-order valence-corrected chi connectivity index (χ1v) is 4.83. The Morgan fingerprint density at radius 3 is 2.40 bits per heavy atom. The van der Waals surface area contributed by atoms with Crippen LogP contribution >= 0.6 is 0 Å². The molecule has 0 bridgehead atoms. The third kappa shape index (κ3) is 2.69. The van der Waals surface area contributed by atoms with Gasteiger partial charge in [0.1, 0.15) is 5.75 Å². The normalized spacial score (nSPS) is 13.7. The smallest absolute Gasteiger partial charge is 0.419 e. The van der Waals surface area contributed by atoms with E-state index in [-0.39, 0.29) is 4.90 Å². The van der Waals surface area contributed by atoms with Crippen molar-refractivity contribution in [3.63, 3.8) is 0 Å². The highest BCUT2D eigenvalue weighted by atomic mass is 32.2. The van der Waals surface area contributed by atoms with Crippen molar-refractivity contribution in [2.45, 2.75) is 11.1 Å². The first kappa shape index (κ1) is 12.0. The van der Waals surface area contributed by atoms with Crippen LogP contribution in [-0.4, -0.2) is 15.9 Å². The Bertz CT molecular complexity index is 389. The fourth-order valence-corrected chi connectivity index (χ4v) is 1.41. The van der Waals surface area contributed by atoms with Crippen molar-refractivity contribution in [3.8, 4) is 5.75 Å². The zero-order valence-corrected chi connectivity index (χ0v) is 8.35. The zero-order valence-electron chi connectivity index (χ0n) is 7.54. The number of ether oxygens (including phenoxy) is 1. The molecule has 1 N–H and O–H groups in total. The van der Waals surface area contributed by atoms with E-state index in [1.165, 1.54) is 0 Å². The summed E-state index contributed by atoms with van der Waals surface area (Å²) in [7, 11) is 1.06. The number of hydrogen-bond acceptors (Lipinski definition) is 2. The fraction of sp³-hybridized carbons (Fsp3) is 0.250. The molecule has 7 heteroatoms. The molecule has 0 aromatic heterocycles. The summed E-state index contributed by atoms with van der Waals surface area (Å²) in [5.41, 5.74) is -0.973. The minimum atomic E-state index is -4.54. The lowest BCUT2D eigenvalue weighted by Gasteiger charge is -2.11. The maximum atomic E-state index is 12.3. The third-order valence-corrected chi connectivity index (χ3v) is 2.34. The van der Waals surface area contributed by atoms with Gasteiger partial charge in [0.05, 0.1) is 17.6 Å². The highest BCUT2D eigenvalue weighted by molar-refractivity contribution is 7.79. The summed E-state index contributed by atoms with van der Waals surface area (Å²) in [6, 6.07) is 2.53. The summed E-state index contributed by atoms with van der Waals surface area (Å²) in [5.74, 6) is -0.470. The predicted molar refractivity (Wildman–Crippen MR) is 47.0 cm³/mol. The molecule has 0 amide bonds. The average Bonchev–Trinajstić information content (AvgIpc) is 2.15. The molecule has 0 aliphatic rings. The molecule has 1 atom stereocenters. The van der Waals surface area contributed by atoms with Crippen molar-refractivity contribution in [1.82, 2.24) is 0 Å². The number of methoxy groups -OCH3 is 1. The summed E-state index contributed by atoms with van der Waals surface area (Å²) in [6.07, 6.45) is -4.54. The van der Waals surface area contributed by atoms with Crippen LogP contribution < -0.4 is 4.74 Å². The van der Waals surface area contributed by atoms with E-state index in [2.05, 4.69) is 4.74 Å². The fourth-order valence-electron chi connectivity index (χ4n) is 1.01. The quantitative estimate of drug-likeness (QED) is 0.807. The van der Waals surface area contributed by atoms with Crippen LogP contribution in [0.2, 0.25) is 0 Å². The van der Waals surface area contributed by atoms with Crippen molar-refractivity contribution in [3.05, 3.63) is 23.8 Å². The average molecular weight is 240 g/mol. The van der Waals surface area contributed by atoms with Crippen LogP contribution in [0.1, 0.15) is 5.56 Å². The van der Waals surface area contributed by atoms with Crippen LogP contribution in [0.4, 0.5) is 13.2 Å². The molecule has 0 saturated carbocycles. The van der Waals surface area contributed by atoms with Gasteiger partial charge in [0, 0.05) is 0 Å². The monoisotopic (exact) mass is 240 g/mol. The second kappa shape index (κ2) is 4.19. The lowest BCUT2D eigenvalue weighted by Crippen LogP contribution is -2.08. The van der Waals surface area contributed by atoms with Crippen LogP contribution in [0, 0.1) is 0 Å². The number of rotatable bonds is 2. The topological polar surface area (TPSA) is 46.5 Å². The van der Waals surface area contributed by atoms with Gasteiger partial charge in [-0.05, 0) is 18.2 Å². The molecule has 0 fully saturated rings. The van der Waals surface area contributed by atoms with Gasteiger partial charge >= 0.3 is 6.18 Å². The summed E-state index contributed by atoms with van der Waals surface area (Å²) in [4.78, 5) is -0.139. The van der Waals surface area contributed by atoms with Gasteiger partial charge in [0.25, 0.3) is 0 Å². The standard InChI is InChI=1S/C8H7F3O3S/c1-14-7-4-5(15(12)13)2-3-6(7)8(9,10)11/h2-4H,1H3,(H,12,13). The number of hydrogen-bond donors (Lipinski definition) is 1. The van der Waals surface area contributed by atoms with Crippen LogP contribution in [0.5, 0.6) is 5.75 Å². The van der Waals surface area contributed by atoms with Crippen LogP contribution in [0.25, 0.3) is 0 Å². The van der Waals surface area contributed by atoms with Crippen molar-refractivity contribution < 1.29 is 26.7 Å². The van der Waals surface area contributed by atoms with Crippen LogP contribution in [-0.2, 0) is 17.3 Å². The molecule has 1 aromatic rings. The van der Waals surface area contributed by atoms with E-state index in [0.717, 1.165) is 19.2 Å². The van der Waals surface area contributed by atoms with E-state index in [1.807, 2.05) is 0 Å². The minimum absolute atomic E-state index is 0.139. The molecular weight excluding hydrogens is 233 g/mol. The summed E-state index contributed by atoms with van der Waals surface area (Å²) in [6.45, 7) is 0. The first-order chi connectivity index (χ1) is 6.86. The van der Waals surface area contributed by atoms with Crippen LogP contribution in [0.15, 0.2) is 23.1 Å². The second-order valence-electron chi connectivity index (χ2n) is 2.61. The Labute approximate surface area is 86.1 Å². The van der Waals surface area contributed by atoms with Crippen molar-refractivity contribution in [2.75, 3.05) is 7.11 Å². The lowest BCUT2D eigenvalue weighted by molar-refractivity contribution is -0.138. The molecule has 0 aliphatic heterocycles. The Morgan fingerprint density at radius 2 is 2.00 bits per heavy atom. The van der Waals surface area contributed by atoms with Gasteiger partial charge in [-0.25, -0.2) is 4.21 Å². The van der Waals surface area contributed by atoms with E-state index in [9.17, 15) is 17.4 Å². The Hall–Kier alpha value is -1.08. The van der Waals surface area contributed by atoms with Gasteiger partial charge in [-0.15, -0.1) is 0 Å². The molecule has 84 valence electrons. The van der Waals surface area contributed by atoms with Gasteiger partial charge in [-0.3, -0.25) is 0 Å². The van der Waals surface area contributed by atoms with Crippen molar-refractivity contribution in [2.24, 2.45) is 0 Å². The molecule has 3 nitrogen and oxygen atoms in total. The minimum Gasteiger partial charge on any atom is -0.496 e. The van der Waals surface area contributed by atoms with Gasteiger partial charge in [-0.1, -0.05) is 0 Å². The molecule has 1 unspecified atom stereocenters. The summed E-state index contributed by atoms with van der Waals surface area (Å²) >= 11 is -2.32. The van der Waals surface area contributed by atoms with Gasteiger partial charge in [0.2, 0.25) is 0 Å². The Balaban J connectivity index is 3.27. The maximum Gasteiger partial charge on any atom is 0.419 e. The predicted octanol–water partition coefficient (Wildman–Crippen LogP) is 2.29. The lowest BCUT2D eigenvalue weighted by atomic mass is 10.2. The molecular formula is C8H7F3O3S. The molecule has 0 heterocycles.